The van der Waals surface area contributed by atoms with Gasteiger partial charge in [0, 0.05) is 19.6 Å². The Kier molecular flexibility index (Phi) is 8.37. The smallest absolute Gasteiger partial charge is 0.290 e. The van der Waals surface area contributed by atoms with E-state index in [1.807, 2.05) is 60.4 Å². The molecule has 2 aromatic carbocycles. The van der Waals surface area contributed by atoms with Gasteiger partial charge >= 0.3 is 0 Å². The van der Waals surface area contributed by atoms with Gasteiger partial charge in [-0.1, -0.05) is 29.4 Å². The van der Waals surface area contributed by atoms with Crippen LogP contribution in [0.2, 0.25) is 0 Å². The number of ether oxygens (including phenoxy) is 2. The Bertz CT molecular complexity index is 1380. The third-order valence-electron chi connectivity index (χ3n) is 6.95. The minimum absolute atomic E-state index is 0.0683. The van der Waals surface area contributed by atoms with E-state index >= 15 is 0 Å². The summed E-state index contributed by atoms with van der Waals surface area (Å²) < 4.78 is 17.6. The van der Waals surface area contributed by atoms with Gasteiger partial charge in [-0.2, -0.15) is 4.98 Å². The lowest BCUT2D eigenvalue weighted by molar-refractivity contribution is -0.136. The van der Waals surface area contributed by atoms with Crippen LogP contribution in [-0.4, -0.2) is 76.0 Å². The quantitative estimate of drug-likeness (QED) is 0.495. The Labute approximate surface area is 231 Å². The molecule has 0 saturated carbocycles. The van der Waals surface area contributed by atoms with Crippen molar-refractivity contribution in [3.05, 3.63) is 71.4 Å². The highest BCUT2D eigenvalue weighted by atomic mass is 16.5. The third kappa shape index (κ3) is 6.82. The summed E-state index contributed by atoms with van der Waals surface area (Å²) >= 11 is 0. The summed E-state index contributed by atoms with van der Waals surface area (Å²) in [6.07, 6.45) is 0.504. The molecule has 210 valence electrons. The molecule has 2 aliphatic heterocycles. The van der Waals surface area contributed by atoms with Gasteiger partial charge in [0.2, 0.25) is 17.7 Å². The van der Waals surface area contributed by atoms with E-state index in [-0.39, 0.29) is 55.2 Å². The van der Waals surface area contributed by atoms with Crippen LogP contribution in [0.3, 0.4) is 0 Å². The lowest BCUT2D eigenvalue weighted by Gasteiger charge is -2.38. The molecule has 1 fully saturated rings. The molecular formula is C28H32N6O6. The van der Waals surface area contributed by atoms with E-state index in [1.165, 1.54) is 4.90 Å². The van der Waals surface area contributed by atoms with Gasteiger partial charge < -0.3 is 29.9 Å². The number of piperidine rings is 1. The fourth-order valence-electron chi connectivity index (χ4n) is 4.94. The summed E-state index contributed by atoms with van der Waals surface area (Å²) in [4.78, 5) is 45.2. The normalized spacial score (nSPS) is 20.7. The van der Waals surface area contributed by atoms with Crippen LogP contribution in [0.1, 0.15) is 41.0 Å². The molecule has 4 bridgehead atoms. The molecule has 40 heavy (non-hydrogen) atoms. The van der Waals surface area contributed by atoms with Crippen LogP contribution in [-0.2, 0) is 33.9 Å². The van der Waals surface area contributed by atoms with Gasteiger partial charge in [0.15, 0.2) is 0 Å². The van der Waals surface area contributed by atoms with Gasteiger partial charge in [0.25, 0.3) is 11.7 Å². The first kappa shape index (κ1) is 27.3. The molecule has 0 unspecified atom stereocenters. The number of aromatic nitrogens is 2. The number of rotatable bonds is 4. The van der Waals surface area contributed by atoms with E-state index in [1.54, 1.807) is 0 Å². The fourth-order valence-corrected chi connectivity index (χ4v) is 4.94. The van der Waals surface area contributed by atoms with Crippen molar-refractivity contribution in [1.82, 2.24) is 25.3 Å². The fraction of sp³-hybridized carbons (Fsp3) is 0.393. The number of primary amides is 1. The van der Waals surface area contributed by atoms with Gasteiger partial charge in [-0.3, -0.25) is 19.3 Å². The van der Waals surface area contributed by atoms with Crippen molar-refractivity contribution in [3.63, 3.8) is 0 Å². The average molecular weight is 549 g/mol. The molecule has 0 spiro atoms. The Hall–Kier alpha value is -4.29. The molecule has 1 saturated heterocycles. The van der Waals surface area contributed by atoms with Crippen LogP contribution in [0.5, 0.6) is 11.5 Å². The molecule has 12 nitrogen and oxygen atoms in total. The van der Waals surface area contributed by atoms with Crippen molar-refractivity contribution in [3.8, 4) is 11.5 Å². The highest BCUT2D eigenvalue weighted by molar-refractivity contribution is 5.88. The van der Waals surface area contributed by atoms with Crippen molar-refractivity contribution in [2.45, 2.75) is 45.1 Å². The van der Waals surface area contributed by atoms with Crippen molar-refractivity contribution in [1.29, 1.82) is 0 Å². The Morgan fingerprint density at radius 3 is 2.60 bits per heavy atom. The van der Waals surface area contributed by atoms with Crippen LogP contribution in [0.4, 0.5) is 0 Å². The standard InChI is InChI=1S/C28H32N6O6/c1-2-34-15-24(35)30-22-14-33(16-25-31-28(27(29)37)32-40-25)10-9-23(22)38-17-19-6-4-8-21(12-19)39-20-7-3-5-18(11-20)13-26(34)36/h3-8,11-12,22-23H,2,9-10,13-17H2,1H3,(H2,29,37)(H,30,35)/t22-,23-/m0/s1. The molecule has 3 amide bonds. The van der Waals surface area contributed by atoms with Crippen molar-refractivity contribution < 1.29 is 28.4 Å². The zero-order valence-electron chi connectivity index (χ0n) is 22.2. The number of likely N-dealkylation sites (N-methyl/N-ethyl adjacent to an activating group) is 1. The topological polar surface area (TPSA) is 153 Å². The van der Waals surface area contributed by atoms with E-state index in [0.717, 1.165) is 11.1 Å². The van der Waals surface area contributed by atoms with Crippen LogP contribution in [0.15, 0.2) is 53.1 Å². The number of amides is 3. The first-order chi connectivity index (χ1) is 19.4. The van der Waals surface area contributed by atoms with E-state index in [4.69, 9.17) is 19.7 Å². The van der Waals surface area contributed by atoms with Crippen LogP contribution in [0.25, 0.3) is 0 Å². The third-order valence-corrected chi connectivity index (χ3v) is 6.95. The van der Waals surface area contributed by atoms with Crippen LogP contribution >= 0.6 is 0 Å². The summed E-state index contributed by atoms with van der Waals surface area (Å²) in [6.45, 7) is 3.88. The predicted molar refractivity (Wildman–Crippen MR) is 142 cm³/mol. The summed E-state index contributed by atoms with van der Waals surface area (Å²) in [6, 6.07) is 14.7. The zero-order valence-corrected chi connectivity index (χ0v) is 22.2. The number of hydrogen-bond donors (Lipinski definition) is 2. The molecule has 12 heteroatoms. The number of nitrogens with zero attached hydrogens (tertiary/aromatic N) is 4. The van der Waals surface area contributed by atoms with Crippen molar-refractivity contribution >= 4 is 17.7 Å². The molecule has 1 aromatic heterocycles. The largest absolute Gasteiger partial charge is 0.457 e. The average Bonchev–Trinajstić information content (AvgIpc) is 3.40. The maximum absolute atomic E-state index is 13.2. The minimum Gasteiger partial charge on any atom is -0.457 e. The predicted octanol–water partition coefficient (Wildman–Crippen LogP) is 1.64. The van der Waals surface area contributed by atoms with Crippen molar-refractivity contribution in [2.75, 3.05) is 26.2 Å². The number of likely N-dealkylation sites (tertiary alicyclic amines) is 1. The van der Waals surface area contributed by atoms with Crippen LogP contribution < -0.4 is 15.8 Å². The van der Waals surface area contributed by atoms with Gasteiger partial charge in [-0.15, -0.1) is 0 Å². The van der Waals surface area contributed by atoms with Crippen LogP contribution in [0, 0.1) is 0 Å². The minimum atomic E-state index is -0.764. The number of fused-ring (bicyclic) bond motifs is 5. The second-order valence-electron chi connectivity index (χ2n) is 9.90. The zero-order chi connectivity index (χ0) is 28.1. The molecule has 2 aliphatic rings. The SMILES string of the molecule is CCN1CC(=O)N[C@H]2CN(Cc3nc(C(N)=O)no3)CC[C@@H]2OCc2cccc(c2)Oc2cccc(c2)CC1=O. The van der Waals surface area contributed by atoms with Crippen molar-refractivity contribution in [2.24, 2.45) is 5.73 Å². The second-order valence-corrected chi connectivity index (χ2v) is 9.90. The molecule has 3 N–H and O–H groups in total. The van der Waals surface area contributed by atoms with E-state index in [0.29, 0.717) is 44.2 Å². The Morgan fingerprint density at radius 2 is 1.88 bits per heavy atom. The molecule has 3 aromatic rings. The molecule has 2 atom stereocenters. The molecule has 3 heterocycles. The lowest BCUT2D eigenvalue weighted by Crippen LogP contribution is -2.57. The van der Waals surface area contributed by atoms with Gasteiger partial charge in [-0.05, 0) is 48.7 Å². The number of hydrogen-bond acceptors (Lipinski definition) is 9. The maximum atomic E-state index is 13.2. The highest BCUT2D eigenvalue weighted by Gasteiger charge is 2.33. The number of benzene rings is 2. The Morgan fingerprint density at radius 1 is 1.12 bits per heavy atom. The van der Waals surface area contributed by atoms with E-state index in [9.17, 15) is 14.4 Å². The first-order valence-corrected chi connectivity index (χ1v) is 13.3. The summed E-state index contributed by atoms with van der Waals surface area (Å²) in [5.41, 5.74) is 6.96. The number of carbonyl (C=O) groups is 3. The monoisotopic (exact) mass is 548 g/mol. The summed E-state index contributed by atoms with van der Waals surface area (Å²) in [5.74, 6) is 0.188. The number of carbonyl (C=O) groups excluding carboxylic acids is 3. The summed E-state index contributed by atoms with van der Waals surface area (Å²) in [7, 11) is 0. The second kappa shape index (κ2) is 12.3. The highest BCUT2D eigenvalue weighted by Crippen LogP contribution is 2.25. The molecule has 0 aliphatic carbocycles. The Balaban J connectivity index is 1.36. The van der Waals surface area contributed by atoms with E-state index in [2.05, 4.69) is 15.5 Å². The van der Waals surface area contributed by atoms with Gasteiger partial charge in [0.1, 0.15) is 11.5 Å². The number of nitrogens with two attached hydrogens (primary N) is 1. The van der Waals surface area contributed by atoms with E-state index < -0.39 is 5.91 Å². The molecule has 5 rings (SSSR count). The maximum Gasteiger partial charge on any atom is 0.290 e. The first-order valence-electron chi connectivity index (χ1n) is 13.3. The lowest BCUT2D eigenvalue weighted by atomic mass is 10.0. The molecule has 0 radical (unpaired) electrons. The van der Waals surface area contributed by atoms with Gasteiger partial charge in [0.05, 0.1) is 38.3 Å². The summed E-state index contributed by atoms with van der Waals surface area (Å²) in [5, 5.41) is 6.68. The number of nitrogens with one attached hydrogen (secondary N) is 1. The van der Waals surface area contributed by atoms with Gasteiger partial charge in [-0.25, -0.2) is 0 Å². The molecular weight excluding hydrogens is 516 g/mol.